The first kappa shape index (κ1) is 27.6. The van der Waals surface area contributed by atoms with E-state index in [1.807, 2.05) is 0 Å². The largest absolute Gasteiger partial charge is 0.480 e. The molecule has 4 unspecified atom stereocenters. The van der Waals surface area contributed by atoms with Crippen LogP contribution in [0.15, 0.2) is 4.99 Å². The summed E-state index contributed by atoms with van der Waals surface area (Å²) < 4.78 is 0. The lowest BCUT2D eigenvalue weighted by Gasteiger charge is -2.29. The number of carbonyl (C=O) groups excluding carboxylic acids is 4. The Bertz CT molecular complexity index is 767. The van der Waals surface area contributed by atoms with Crippen LogP contribution >= 0.6 is 0 Å². The molecule has 14 heteroatoms. The maximum atomic E-state index is 13.1. The Balaban J connectivity index is 2.88. The highest BCUT2D eigenvalue weighted by molar-refractivity contribution is 5.94. The van der Waals surface area contributed by atoms with Gasteiger partial charge in [-0.1, -0.05) is 0 Å². The van der Waals surface area contributed by atoms with Gasteiger partial charge in [-0.05, 0) is 39.0 Å². The summed E-state index contributed by atoms with van der Waals surface area (Å²) in [6.07, 6.45) is 1.03. The van der Waals surface area contributed by atoms with E-state index >= 15 is 0 Å². The van der Waals surface area contributed by atoms with Crippen LogP contribution < -0.4 is 33.6 Å². The highest BCUT2D eigenvalue weighted by Gasteiger charge is 2.38. The number of carboxylic acid groups (broad SMARTS) is 1. The minimum absolute atomic E-state index is 0.0555. The van der Waals surface area contributed by atoms with Crippen molar-refractivity contribution in [2.45, 2.75) is 69.6 Å². The molecule has 0 bridgehead atoms. The van der Waals surface area contributed by atoms with Crippen LogP contribution in [0.2, 0.25) is 0 Å². The van der Waals surface area contributed by atoms with Gasteiger partial charge in [0, 0.05) is 19.5 Å². The van der Waals surface area contributed by atoms with Crippen molar-refractivity contribution < 1.29 is 29.1 Å². The maximum absolute atomic E-state index is 13.1. The third-order valence-corrected chi connectivity index (χ3v) is 5.11. The maximum Gasteiger partial charge on any atom is 0.326 e. The quantitative estimate of drug-likeness (QED) is 0.0807. The van der Waals surface area contributed by atoms with Gasteiger partial charge >= 0.3 is 5.97 Å². The lowest BCUT2D eigenvalue weighted by Crippen LogP contribution is -2.56. The summed E-state index contributed by atoms with van der Waals surface area (Å²) in [4.78, 5) is 65.7. The second kappa shape index (κ2) is 13.2. The second-order valence-corrected chi connectivity index (χ2v) is 7.89. The van der Waals surface area contributed by atoms with Gasteiger partial charge in [0.25, 0.3) is 0 Å². The molecule has 0 aromatic heterocycles. The fraction of sp³-hybridized carbons (Fsp3) is 0.684. The Hall–Kier alpha value is -3.42. The van der Waals surface area contributed by atoms with E-state index in [0.29, 0.717) is 19.3 Å². The van der Waals surface area contributed by atoms with Gasteiger partial charge in [-0.3, -0.25) is 24.2 Å². The monoisotopic (exact) mass is 470 g/mol. The first-order chi connectivity index (χ1) is 15.4. The number of amides is 4. The normalized spacial score (nSPS) is 18.0. The number of hydrogen-bond donors (Lipinski definition) is 7. The molecule has 33 heavy (non-hydrogen) atoms. The fourth-order valence-corrected chi connectivity index (χ4v) is 3.38. The van der Waals surface area contributed by atoms with Crippen molar-refractivity contribution in [3.63, 3.8) is 0 Å². The SMILES string of the molecule is CC(N)C(=O)NC(CCC(N)=O)C(=O)N1CCCC1C(=O)NC(CCCN=C(N)N)C(=O)O. The summed E-state index contributed by atoms with van der Waals surface area (Å²) in [5, 5.41) is 14.4. The molecule has 1 aliphatic rings. The van der Waals surface area contributed by atoms with Gasteiger partial charge in [0.15, 0.2) is 5.96 Å². The first-order valence-electron chi connectivity index (χ1n) is 10.7. The summed E-state index contributed by atoms with van der Waals surface area (Å²) in [6, 6.07) is -4.09. The van der Waals surface area contributed by atoms with Crippen LogP contribution in [0.25, 0.3) is 0 Å². The molecule has 1 heterocycles. The standard InChI is InChI=1S/C19H34N8O6/c1-10(20)15(29)25-11(6-7-14(21)28)17(31)27-9-3-5-13(27)16(30)26-12(18(32)33)4-2-8-24-19(22)23/h10-13H,2-9,20H2,1H3,(H2,21,28)(H,25,29)(H,26,30)(H,32,33)(H4,22,23,24). The molecule has 0 aromatic rings. The van der Waals surface area contributed by atoms with Crippen LogP contribution in [0.1, 0.15) is 45.4 Å². The van der Waals surface area contributed by atoms with Gasteiger partial charge < -0.3 is 43.6 Å². The fourth-order valence-electron chi connectivity index (χ4n) is 3.38. The van der Waals surface area contributed by atoms with Crippen LogP contribution in [0.5, 0.6) is 0 Å². The number of aliphatic imine (C=N–C) groups is 1. The van der Waals surface area contributed by atoms with Gasteiger partial charge in [-0.2, -0.15) is 0 Å². The molecular weight excluding hydrogens is 436 g/mol. The predicted octanol–water partition coefficient (Wildman–Crippen LogP) is -3.30. The summed E-state index contributed by atoms with van der Waals surface area (Å²) in [5.41, 5.74) is 21.2. The van der Waals surface area contributed by atoms with Crippen molar-refractivity contribution >= 4 is 35.6 Å². The van der Waals surface area contributed by atoms with Crippen LogP contribution in [0, 0.1) is 0 Å². The van der Waals surface area contributed by atoms with Gasteiger partial charge in [0.2, 0.25) is 23.6 Å². The topological polar surface area (TPSA) is 249 Å². The van der Waals surface area contributed by atoms with E-state index in [2.05, 4.69) is 15.6 Å². The number of guanidine groups is 1. The van der Waals surface area contributed by atoms with Gasteiger partial charge in [-0.15, -0.1) is 0 Å². The number of carboxylic acids is 1. The lowest BCUT2D eigenvalue weighted by atomic mass is 10.1. The molecule has 1 saturated heterocycles. The summed E-state index contributed by atoms with van der Waals surface area (Å²) >= 11 is 0. The van der Waals surface area contributed by atoms with Crippen molar-refractivity contribution in [3.05, 3.63) is 0 Å². The number of nitrogens with two attached hydrogens (primary N) is 4. The van der Waals surface area contributed by atoms with Crippen LogP contribution in [0.3, 0.4) is 0 Å². The smallest absolute Gasteiger partial charge is 0.326 e. The van der Waals surface area contributed by atoms with Crippen molar-refractivity contribution in [3.8, 4) is 0 Å². The molecule has 0 radical (unpaired) electrons. The van der Waals surface area contributed by atoms with Crippen LogP contribution in [0.4, 0.5) is 0 Å². The van der Waals surface area contributed by atoms with E-state index in [-0.39, 0.29) is 38.3 Å². The van der Waals surface area contributed by atoms with E-state index < -0.39 is 53.8 Å². The van der Waals surface area contributed by atoms with Gasteiger partial charge in [-0.25, -0.2) is 4.79 Å². The number of nitrogens with one attached hydrogen (secondary N) is 2. The van der Waals surface area contributed by atoms with Crippen molar-refractivity contribution in [2.75, 3.05) is 13.1 Å². The molecular formula is C19H34N8O6. The molecule has 11 N–H and O–H groups in total. The Labute approximate surface area is 191 Å². The van der Waals surface area contributed by atoms with E-state index in [1.54, 1.807) is 0 Å². The minimum Gasteiger partial charge on any atom is -0.480 e. The third-order valence-electron chi connectivity index (χ3n) is 5.11. The van der Waals surface area contributed by atoms with Gasteiger partial charge in [0.1, 0.15) is 18.1 Å². The summed E-state index contributed by atoms with van der Waals surface area (Å²) in [7, 11) is 0. The Morgan fingerprint density at radius 1 is 1.09 bits per heavy atom. The highest BCUT2D eigenvalue weighted by atomic mass is 16.4. The minimum atomic E-state index is -1.23. The van der Waals surface area contributed by atoms with E-state index in [4.69, 9.17) is 22.9 Å². The number of carbonyl (C=O) groups is 5. The number of hydrogen-bond acceptors (Lipinski definition) is 7. The van der Waals surface area contributed by atoms with Crippen LogP contribution in [-0.2, 0) is 24.0 Å². The molecule has 0 saturated carbocycles. The van der Waals surface area contributed by atoms with Crippen molar-refractivity contribution in [1.82, 2.24) is 15.5 Å². The second-order valence-electron chi connectivity index (χ2n) is 7.89. The Morgan fingerprint density at radius 2 is 1.76 bits per heavy atom. The molecule has 14 nitrogen and oxygen atoms in total. The Kier molecular flexibility index (Phi) is 11.0. The van der Waals surface area contributed by atoms with E-state index in [1.165, 1.54) is 11.8 Å². The number of rotatable bonds is 13. The molecule has 186 valence electrons. The number of primary amides is 1. The molecule has 0 spiro atoms. The highest BCUT2D eigenvalue weighted by Crippen LogP contribution is 2.20. The molecule has 1 aliphatic heterocycles. The van der Waals surface area contributed by atoms with E-state index in [0.717, 1.165) is 0 Å². The molecule has 4 atom stereocenters. The molecule has 1 rings (SSSR count). The summed E-state index contributed by atoms with van der Waals surface area (Å²) in [6.45, 7) is 1.88. The van der Waals surface area contributed by atoms with E-state index in [9.17, 15) is 29.1 Å². The third kappa shape index (κ3) is 9.31. The average molecular weight is 471 g/mol. The van der Waals surface area contributed by atoms with Gasteiger partial charge in [0.05, 0.1) is 6.04 Å². The zero-order chi connectivity index (χ0) is 25.1. The number of aliphatic carboxylic acids is 1. The first-order valence-corrected chi connectivity index (χ1v) is 10.7. The lowest BCUT2D eigenvalue weighted by molar-refractivity contribution is -0.145. The molecule has 0 aromatic carbocycles. The van der Waals surface area contributed by atoms with Crippen molar-refractivity contribution in [1.29, 1.82) is 0 Å². The molecule has 4 amide bonds. The predicted molar refractivity (Wildman–Crippen MR) is 118 cm³/mol. The summed E-state index contributed by atoms with van der Waals surface area (Å²) in [5.74, 6) is -3.78. The average Bonchev–Trinajstić information content (AvgIpc) is 3.21. The van der Waals surface area contributed by atoms with Crippen LogP contribution in [-0.4, -0.2) is 82.8 Å². The number of nitrogens with zero attached hydrogens (tertiary/aromatic N) is 2. The molecule has 0 aliphatic carbocycles. The van der Waals surface area contributed by atoms with Crippen molar-refractivity contribution in [2.24, 2.45) is 27.9 Å². The zero-order valence-corrected chi connectivity index (χ0v) is 18.7. The Morgan fingerprint density at radius 3 is 2.30 bits per heavy atom. The molecule has 1 fully saturated rings. The number of likely N-dealkylation sites (tertiary alicyclic amines) is 1. The zero-order valence-electron chi connectivity index (χ0n) is 18.7.